The minimum Gasteiger partial charge on any atom is -0.357 e. The Hall–Kier alpha value is -2.66. The molecule has 4 rings (SSSR count). The van der Waals surface area contributed by atoms with Crippen LogP contribution in [0.3, 0.4) is 0 Å². The van der Waals surface area contributed by atoms with E-state index in [0.29, 0.717) is 34.4 Å². The standard InChI is InChI=1S/C18H15F5N4S.C5H11N/c1-24-17-25-9-11-8-10(2-4-13(11)26-17)12-3-5-14(16(20)15(12)19)27-28-7-6-18(21,22)23;1-2-4-6-5-3-1/h2-5,8-9,27H,6-7H2,1H3,(H,24,25,26);6H,1-5H2. The molecule has 0 saturated carbocycles. The molecule has 0 amide bonds. The molecular weight excluding hydrogens is 473 g/mol. The van der Waals surface area contributed by atoms with Crippen molar-refractivity contribution in [1.29, 1.82) is 0 Å². The first-order valence-electron chi connectivity index (χ1n) is 10.9. The van der Waals surface area contributed by atoms with Crippen molar-refractivity contribution in [1.82, 2.24) is 15.3 Å². The third kappa shape index (κ3) is 7.42. The van der Waals surface area contributed by atoms with Gasteiger partial charge in [0.05, 0.1) is 17.6 Å². The molecule has 1 aliphatic rings. The highest BCUT2D eigenvalue weighted by Crippen LogP contribution is 2.32. The van der Waals surface area contributed by atoms with E-state index in [-0.39, 0.29) is 17.0 Å². The zero-order valence-corrected chi connectivity index (χ0v) is 19.4. The smallest absolute Gasteiger partial charge is 0.357 e. The molecule has 184 valence electrons. The van der Waals surface area contributed by atoms with Gasteiger partial charge >= 0.3 is 6.18 Å². The monoisotopic (exact) mass is 499 g/mol. The van der Waals surface area contributed by atoms with Crippen LogP contribution in [0.1, 0.15) is 25.7 Å². The summed E-state index contributed by atoms with van der Waals surface area (Å²) in [5, 5.41) is 6.75. The lowest BCUT2D eigenvalue weighted by atomic mass is 10.0. The highest BCUT2D eigenvalue weighted by Gasteiger charge is 2.26. The highest BCUT2D eigenvalue weighted by atomic mass is 32.2. The summed E-state index contributed by atoms with van der Waals surface area (Å²) in [5.41, 5.74) is 0.892. The Morgan fingerprint density at radius 3 is 2.41 bits per heavy atom. The van der Waals surface area contributed by atoms with Crippen molar-refractivity contribution in [3.8, 4) is 11.1 Å². The van der Waals surface area contributed by atoms with E-state index in [4.69, 9.17) is 0 Å². The van der Waals surface area contributed by atoms with E-state index in [2.05, 4.69) is 25.3 Å². The van der Waals surface area contributed by atoms with Crippen LogP contribution in [0.2, 0.25) is 0 Å². The Morgan fingerprint density at radius 1 is 1.03 bits per heavy atom. The quantitative estimate of drug-likeness (QED) is 0.208. The van der Waals surface area contributed by atoms with Gasteiger partial charge in [0, 0.05) is 29.9 Å². The van der Waals surface area contributed by atoms with Crippen molar-refractivity contribution in [3.63, 3.8) is 0 Å². The second-order valence-corrected chi connectivity index (χ2v) is 8.53. The molecule has 11 heteroatoms. The highest BCUT2D eigenvalue weighted by molar-refractivity contribution is 8.00. The van der Waals surface area contributed by atoms with Gasteiger partial charge in [0.15, 0.2) is 11.6 Å². The zero-order valence-electron chi connectivity index (χ0n) is 18.6. The molecule has 2 aromatic carbocycles. The van der Waals surface area contributed by atoms with Crippen molar-refractivity contribution < 1.29 is 22.0 Å². The normalized spacial score (nSPS) is 13.8. The molecular formula is C23H26F5N5S. The van der Waals surface area contributed by atoms with Gasteiger partial charge in [-0.3, -0.25) is 0 Å². The largest absolute Gasteiger partial charge is 0.389 e. The van der Waals surface area contributed by atoms with Gasteiger partial charge in [-0.05, 0) is 55.8 Å². The fourth-order valence-corrected chi connectivity index (χ4v) is 4.02. The summed E-state index contributed by atoms with van der Waals surface area (Å²) in [4.78, 5) is 8.35. The lowest BCUT2D eigenvalue weighted by Crippen LogP contribution is -2.21. The van der Waals surface area contributed by atoms with Crippen LogP contribution in [0, 0.1) is 11.6 Å². The molecule has 5 nitrogen and oxygen atoms in total. The van der Waals surface area contributed by atoms with Gasteiger partial charge in [-0.25, -0.2) is 18.7 Å². The molecule has 1 aliphatic heterocycles. The summed E-state index contributed by atoms with van der Waals surface area (Å²) in [7, 11) is 1.69. The third-order valence-electron chi connectivity index (χ3n) is 5.07. The van der Waals surface area contributed by atoms with Gasteiger partial charge in [-0.2, -0.15) is 13.2 Å². The van der Waals surface area contributed by atoms with Crippen LogP contribution in [0.25, 0.3) is 22.0 Å². The molecule has 0 spiro atoms. The Balaban J connectivity index is 0.000000469. The number of benzene rings is 2. The maximum Gasteiger partial charge on any atom is 0.389 e. The summed E-state index contributed by atoms with van der Waals surface area (Å²) in [5.74, 6) is -2.12. The van der Waals surface area contributed by atoms with Gasteiger partial charge < -0.3 is 15.4 Å². The average Bonchev–Trinajstić information content (AvgIpc) is 2.84. The minimum absolute atomic E-state index is 0.0305. The number of anilines is 2. The van der Waals surface area contributed by atoms with Crippen molar-refractivity contribution in [2.45, 2.75) is 31.9 Å². The van der Waals surface area contributed by atoms with Gasteiger partial charge in [-0.15, -0.1) is 0 Å². The Labute approximate surface area is 199 Å². The summed E-state index contributed by atoms with van der Waals surface area (Å²) in [6.45, 7) is 2.50. The first kappa shape index (κ1) is 26.0. The molecule has 1 aromatic heterocycles. The van der Waals surface area contributed by atoms with Crippen LogP contribution < -0.4 is 15.4 Å². The van der Waals surface area contributed by atoms with E-state index in [0.717, 1.165) is 0 Å². The van der Waals surface area contributed by atoms with E-state index in [1.807, 2.05) is 0 Å². The molecule has 3 aromatic rings. The fourth-order valence-electron chi connectivity index (χ4n) is 3.27. The molecule has 0 bridgehead atoms. The average molecular weight is 500 g/mol. The summed E-state index contributed by atoms with van der Waals surface area (Å²) < 4.78 is 67.7. The third-order valence-corrected chi connectivity index (χ3v) is 5.85. The number of nitrogens with zero attached hydrogens (tertiary/aromatic N) is 2. The van der Waals surface area contributed by atoms with Crippen LogP contribution in [0.4, 0.5) is 33.6 Å². The van der Waals surface area contributed by atoms with Gasteiger partial charge in [-0.1, -0.05) is 24.4 Å². The Bertz CT molecular complexity index is 1080. The van der Waals surface area contributed by atoms with Crippen molar-refractivity contribution in [3.05, 3.63) is 48.2 Å². The van der Waals surface area contributed by atoms with Gasteiger partial charge in [0.25, 0.3) is 0 Å². The Morgan fingerprint density at radius 2 is 1.79 bits per heavy atom. The number of alkyl halides is 3. The molecule has 0 unspecified atom stereocenters. The van der Waals surface area contributed by atoms with E-state index in [1.54, 1.807) is 31.4 Å². The number of nitrogens with one attached hydrogen (secondary N) is 3. The first-order chi connectivity index (χ1) is 16.3. The topological polar surface area (TPSA) is 61.9 Å². The minimum atomic E-state index is -4.30. The van der Waals surface area contributed by atoms with E-state index in [1.165, 1.54) is 44.5 Å². The summed E-state index contributed by atoms with van der Waals surface area (Å²) >= 11 is 0.664. The molecule has 0 aliphatic carbocycles. The maximum absolute atomic E-state index is 14.5. The van der Waals surface area contributed by atoms with Crippen LogP contribution in [-0.4, -0.2) is 42.0 Å². The summed E-state index contributed by atoms with van der Waals surface area (Å²) in [6.07, 6.45) is 0.462. The predicted octanol–water partition coefficient (Wildman–Crippen LogP) is 6.39. The molecule has 3 N–H and O–H groups in total. The Kier molecular flexibility index (Phi) is 9.28. The van der Waals surface area contributed by atoms with Gasteiger partial charge in [0.1, 0.15) is 0 Å². The van der Waals surface area contributed by atoms with Gasteiger partial charge in [0.2, 0.25) is 5.95 Å². The number of hydrogen-bond donors (Lipinski definition) is 3. The number of piperidine rings is 1. The maximum atomic E-state index is 14.5. The lowest BCUT2D eigenvalue weighted by molar-refractivity contribution is -0.129. The number of halogens is 5. The van der Waals surface area contributed by atoms with Crippen LogP contribution in [-0.2, 0) is 0 Å². The number of fused-ring (bicyclic) bond motifs is 1. The second kappa shape index (κ2) is 12.2. The van der Waals surface area contributed by atoms with Crippen LogP contribution >= 0.6 is 11.9 Å². The van der Waals surface area contributed by atoms with E-state index < -0.39 is 24.2 Å². The zero-order chi connectivity index (χ0) is 24.6. The molecule has 0 radical (unpaired) electrons. The molecule has 1 saturated heterocycles. The SMILES string of the molecule is C1CCNCC1.CNc1ncc2cc(-c3ccc(NSCCC(F)(F)F)c(F)c3F)ccc2n1. The molecule has 0 atom stereocenters. The molecule has 34 heavy (non-hydrogen) atoms. The number of hydrogen-bond acceptors (Lipinski definition) is 6. The number of aromatic nitrogens is 2. The second-order valence-electron chi connectivity index (χ2n) is 7.63. The van der Waals surface area contributed by atoms with E-state index in [9.17, 15) is 22.0 Å². The van der Waals surface area contributed by atoms with Crippen LogP contribution in [0.15, 0.2) is 36.5 Å². The predicted molar refractivity (Wildman–Crippen MR) is 128 cm³/mol. The molecule has 2 heterocycles. The fraction of sp³-hybridized carbons (Fsp3) is 0.391. The van der Waals surface area contributed by atoms with E-state index >= 15 is 0 Å². The number of rotatable bonds is 6. The van der Waals surface area contributed by atoms with Crippen molar-refractivity contribution >= 4 is 34.5 Å². The van der Waals surface area contributed by atoms with Crippen molar-refractivity contribution in [2.24, 2.45) is 0 Å². The van der Waals surface area contributed by atoms with Crippen molar-refractivity contribution in [2.75, 3.05) is 35.9 Å². The molecule has 1 fully saturated rings. The van der Waals surface area contributed by atoms with Crippen LogP contribution in [0.5, 0.6) is 0 Å². The lowest BCUT2D eigenvalue weighted by Gasteiger charge is -2.11. The summed E-state index contributed by atoms with van der Waals surface area (Å²) in [6, 6.07) is 7.58. The first-order valence-corrected chi connectivity index (χ1v) is 11.9.